The number of hydrogen-bond acceptors (Lipinski definition) is 6. The summed E-state index contributed by atoms with van der Waals surface area (Å²) in [5.74, 6) is 1.93. The van der Waals surface area contributed by atoms with Gasteiger partial charge < -0.3 is 20.1 Å². The number of carbonyl (C=O) groups is 1. The quantitative estimate of drug-likeness (QED) is 0.727. The molecule has 0 atom stereocenters. The van der Waals surface area contributed by atoms with Crippen LogP contribution in [-0.2, 0) is 4.79 Å². The number of hydrogen-bond donors (Lipinski definition) is 1. The minimum atomic E-state index is -0.217. The van der Waals surface area contributed by atoms with E-state index in [9.17, 15) is 4.79 Å². The molecule has 146 valence electrons. The molecule has 1 amide bonds. The number of carbonyl (C=O) groups excluding carboxylic acids is 1. The van der Waals surface area contributed by atoms with Crippen LogP contribution in [0.25, 0.3) is 16.8 Å². The maximum atomic E-state index is 11.4. The van der Waals surface area contributed by atoms with Crippen molar-refractivity contribution < 1.29 is 14.3 Å². The van der Waals surface area contributed by atoms with E-state index in [-0.39, 0.29) is 11.8 Å². The van der Waals surface area contributed by atoms with Crippen LogP contribution in [-0.4, -0.2) is 47.8 Å². The van der Waals surface area contributed by atoms with Crippen molar-refractivity contribution in [2.24, 2.45) is 11.7 Å². The summed E-state index contributed by atoms with van der Waals surface area (Å²) >= 11 is 0. The molecule has 8 nitrogen and oxygen atoms in total. The van der Waals surface area contributed by atoms with Gasteiger partial charge in [-0.1, -0.05) is 0 Å². The molecule has 1 aliphatic rings. The van der Waals surface area contributed by atoms with E-state index >= 15 is 0 Å². The maximum Gasteiger partial charge on any atom is 0.220 e. The largest absolute Gasteiger partial charge is 0.493 e. The van der Waals surface area contributed by atoms with Gasteiger partial charge in [0, 0.05) is 37.0 Å². The molecule has 3 heterocycles. The molecule has 0 bridgehead atoms. The fourth-order valence-corrected chi connectivity index (χ4v) is 3.66. The third kappa shape index (κ3) is 3.21. The van der Waals surface area contributed by atoms with Crippen molar-refractivity contribution in [3.8, 4) is 22.8 Å². The lowest BCUT2D eigenvalue weighted by Gasteiger charge is -2.31. The fourth-order valence-electron chi connectivity index (χ4n) is 3.66. The first-order chi connectivity index (χ1) is 13.6. The Balaban J connectivity index is 1.67. The lowest BCUT2D eigenvalue weighted by atomic mass is 9.96. The second-order valence-corrected chi connectivity index (χ2v) is 6.84. The van der Waals surface area contributed by atoms with Crippen molar-refractivity contribution in [2.75, 3.05) is 32.2 Å². The number of nitrogens with zero attached hydrogens (tertiary/aromatic N) is 4. The summed E-state index contributed by atoms with van der Waals surface area (Å²) in [5, 5.41) is 4.69. The minimum absolute atomic E-state index is 0.0526. The number of piperidine rings is 1. The Hall–Kier alpha value is -3.29. The summed E-state index contributed by atoms with van der Waals surface area (Å²) in [6.07, 6.45) is 5.07. The van der Waals surface area contributed by atoms with E-state index in [2.05, 4.69) is 9.88 Å². The Morgan fingerprint density at radius 2 is 1.89 bits per heavy atom. The maximum absolute atomic E-state index is 11.4. The lowest BCUT2D eigenvalue weighted by molar-refractivity contribution is -0.122. The zero-order valence-electron chi connectivity index (χ0n) is 16.0. The average molecular weight is 381 g/mol. The van der Waals surface area contributed by atoms with Crippen molar-refractivity contribution >= 4 is 17.2 Å². The van der Waals surface area contributed by atoms with Crippen molar-refractivity contribution in [3.63, 3.8) is 0 Å². The molecule has 1 saturated heterocycles. The Labute approximate surface area is 162 Å². The smallest absolute Gasteiger partial charge is 0.220 e. The van der Waals surface area contributed by atoms with Crippen LogP contribution < -0.4 is 20.1 Å². The van der Waals surface area contributed by atoms with Gasteiger partial charge in [-0.2, -0.15) is 5.10 Å². The molecule has 2 aromatic heterocycles. The summed E-state index contributed by atoms with van der Waals surface area (Å²) in [6, 6.07) is 7.75. The topological polar surface area (TPSA) is 95.0 Å². The number of fused-ring (bicyclic) bond motifs is 1. The van der Waals surface area contributed by atoms with Crippen LogP contribution in [0.1, 0.15) is 12.8 Å². The summed E-state index contributed by atoms with van der Waals surface area (Å²) in [7, 11) is 3.23. The predicted molar refractivity (Wildman–Crippen MR) is 106 cm³/mol. The second kappa shape index (κ2) is 7.38. The first-order valence-corrected chi connectivity index (χ1v) is 9.21. The van der Waals surface area contributed by atoms with Crippen molar-refractivity contribution in [1.29, 1.82) is 0 Å². The number of rotatable bonds is 5. The van der Waals surface area contributed by atoms with Gasteiger partial charge in [-0.05, 0) is 37.1 Å². The van der Waals surface area contributed by atoms with Crippen LogP contribution in [0.3, 0.4) is 0 Å². The Morgan fingerprint density at radius 1 is 1.14 bits per heavy atom. The average Bonchev–Trinajstić information content (AvgIpc) is 3.17. The van der Waals surface area contributed by atoms with E-state index in [1.807, 2.05) is 35.0 Å². The Morgan fingerprint density at radius 3 is 2.57 bits per heavy atom. The number of aromatic nitrogens is 3. The Kier molecular flexibility index (Phi) is 4.77. The number of nitrogens with two attached hydrogens (primary N) is 1. The second-order valence-electron chi connectivity index (χ2n) is 6.84. The standard InChI is InChI=1S/C20H23N5O3/c1-27-17-4-3-14(11-18(17)28-2)15-12-16-20(22-7-10-25(16)23-15)24-8-5-13(6-9-24)19(21)26/h3-4,7,10-13H,5-6,8-9H2,1-2H3,(H2,21,26). The van der Waals surface area contributed by atoms with Gasteiger partial charge >= 0.3 is 0 Å². The molecule has 0 unspecified atom stereocenters. The van der Waals surface area contributed by atoms with Gasteiger partial charge in [-0.15, -0.1) is 0 Å². The van der Waals surface area contributed by atoms with E-state index in [1.54, 1.807) is 20.4 Å². The number of methoxy groups -OCH3 is 2. The van der Waals surface area contributed by atoms with Crippen molar-refractivity contribution in [1.82, 2.24) is 14.6 Å². The molecule has 4 rings (SSSR count). The van der Waals surface area contributed by atoms with E-state index in [1.165, 1.54) is 0 Å². The highest BCUT2D eigenvalue weighted by Crippen LogP contribution is 2.33. The number of amides is 1. The summed E-state index contributed by atoms with van der Waals surface area (Å²) < 4.78 is 12.5. The van der Waals surface area contributed by atoms with Gasteiger partial charge in [0.15, 0.2) is 17.3 Å². The Bertz CT molecular complexity index is 1010. The summed E-state index contributed by atoms with van der Waals surface area (Å²) in [4.78, 5) is 18.2. The van der Waals surface area contributed by atoms with Gasteiger partial charge in [-0.3, -0.25) is 4.79 Å². The molecule has 3 aromatic rings. The zero-order chi connectivity index (χ0) is 19.7. The molecule has 1 aromatic carbocycles. The third-order valence-corrected chi connectivity index (χ3v) is 5.25. The highest BCUT2D eigenvalue weighted by molar-refractivity contribution is 5.78. The normalized spacial score (nSPS) is 15.0. The van der Waals surface area contributed by atoms with E-state index in [0.29, 0.717) is 11.5 Å². The molecule has 2 N–H and O–H groups in total. The molecule has 8 heteroatoms. The molecule has 0 aliphatic carbocycles. The number of ether oxygens (including phenoxy) is 2. The molecular weight excluding hydrogens is 358 g/mol. The van der Waals surface area contributed by atoms with Gasteiger partial charge in [0.25, 0.3) is 0 Å². The van der Waals surface area contributed by atoms with Gasteiger partial charge in [0.05, 0.1) is 19.9 Å². The summed E-state index contributed by atoms with van der Waals surface area (Å²) in [5.41, 5.74) is 8.12. The molecule has 28 heavy (non-hydrogen) atoms. The van der Waals surface area contributed by atoms with E-state index in [0.717, 1.165) is 48.5 Å². The molecule has 0 radical (unpaired) electrons. The zero-order valence-corrected chi connectivity index (χ0v) is 16.0. The van der Waals surface area contributed by atoms with Gasteiger partial charge in [0.1, 0.15) is 5.52 Å². The first kappa shape index (κ1) is 18.1. The SMILES string of the molecule is COc1ccc(-c2cc3c(N4CCC(C(N)=O)CC4)nccn3n2)cc1OC. The van der Waals surface area contributed by atoms with Crippen LogP contribution in [0.5, 0.6) is 11.5 Å². The number of primary amides is 1. The molecule has 1 fully saturated rings. The highest BCUT2D eigenvalue weighted by atomic mass is 16.5. The van der Waals surface area contributed by atoms with Crippen LogP contribution >= 0.6 is 0 Å². The lowest BCUT2D eigenvalue weighted by Crippen LogP contribution is -2.39. The van der Waals surface area contributed by atoms with Gasteiger partial charge in [0.2, 0.25) is 5.91 Å². The first-order valence-electron chi connectivity index (χ1n) is 9.21. The highest BCUT2D eigenvalue weighted by Gasteiger charge is 2.25. The molecule has 0 saturated carbocycles. The number of anilines is 1. The number of benzene rings is 1. The van der Waals surface area contributed by atoms with E-state index < -0.39 is 0 Å². The van der Waals surface area contributed by atoms with Crippen LogP contribution in [0.4, 0.5) is 5.82 Å². The van der Waals surface area contributed by atoms with Crippen molar-refractivity contribution in [2.45, 2.75) is 12.8 Å². The van der Waals surface area contributed by atoms with Gasteiger partial charge in [-0.25, -0.2) is 9.50 Å². The molecule has 1 aliphatic heterocycles. The predicted octanol–water partition coefficient (Wildman–Crippen LogP) is 2.12. The summed E-state index contributed by atoms with van der Waals surface area (Å²) in [6.45, 7) is 1.49. The minimum Gasteiger partial charge on any atom is -0.493 e. The molecular formula is C20H23N5O3. The van der Waals surface area contributed by atoms with Crippen molar-refractivity contribution in [3.05, 3.63) is 36.7 Å². The third-order valence-electron chi connectivity index (χ3n) is 5.25. The van der Waals surface area contributed by atoms with Crippen LogP contribution in [0, 0.1) is 5.92 Å². The monoisotopic (exact) mass is 381 g/mol. The van der Waals surface area contributed by atoms with Crippen LogP contribution in [0.15, 0.2) is 36.7 Å². The molecule has 0 spiro atoms. The fraction of sp³-hybridized carbons (Fsp3) is 0.350. The van der Waals surface area contributed by atoms with Crippen LogP contribution in [0.2, 0.25) is 0 Å². The van der Waals surface area contributed by atoms with E-state index in [4.69, 9.17) is 20.3 Å².